The molecule has 1 aromatic heterocycles. The Morgan fingerprint density at radius 1 is 1.27 bits per heavy atom. The maximum Gasteiger partial charge on any atom is 0.237 e. The fraction of sp³-hybridized carbons (Fsp3) is 0.471. The van der Waals surface area contributed by atoms with Gasteiger partial charge in [0.25, 0.3) is 0 Å². The van der Waals surface area contributed by atoms with Crippen LogP contribution in [-0.2, 0) is 9.53 Å². The number of amides is 1. The second kappa shape index (κ2) is 9.59. The quantitative estimate of drug-likeness (QED) is 0.700. The summed E-state index contributed by atoms with van der Waals surface area (Å²) in [7, 11) is 0. The standard InChI is InChI=1S/C17H22N4O2S3/c1-3-24-16-19-20-17(26-16)25-12(2)15(22)18-13-4-6-14(7-5-13)21-8-10-23-11-9-21/h4-7,12H,3,8-11H2,1-2H3,(H,18,22)/t12-/m1/s1. The molecule has 9 heteroatoms. The molecule has 1 N–H and O–H groups in total. The predicted molar refractivity (Wildman–Crippen MR) is 110 cm³/mol. The summed E-state index contributed by atoms with van der Waals surface area (Å²) in [6.45, 7) is 7.29. The zero-order chi connectivity index (χ0) is 18.4. The Morgan fingerprint density at radius 3 is 2.65 bits per heavy atom. The molecule has 0 aliphatic carbocycles. The van der Waals surface area contributed by atoms with E-state index in [1.807, 2.05) is 31.2 Å². The van der Waals surface area contributed by atoms with Crippen LogP contribution in [0.3, 0.4) is 0 Å². The molecule has 0 radical (unpaired) electrons. The second-order valence-electron chi connectivity index (χ2n) is 5.66. The van der Waals surface area contributed by atoms with Crippen molar-refractivity contribution in [3.8, 4) is 0 Å². The third-order valence-electron chi connectivity index (χ3n) is 3.81. The van der Waals surface area contributed by atoms with Gasteiger partial charge in [0, 0.05) is 24.5 Å². The zero-order valence-corrected chi connectivity index (χ0v) is 17.3. The van der Waals surface area contributed by atoms with Crippen molar-refractivity contribution < 1.29 is 9.53 Å². The lowest BCUT2D eigenvalue weighted by Crippen LogP contribution is -2.36. The lowest BCUT2D eigenvalue weighted by Gasteiger charge is -2.28. The first-order valence-electron chi connectivity index (χ1n) is 8.52. The Balaban J connectivity index is 1.52. The van der Waals surface area contributed by atoms with Gasteiger partial charge < -0.3 is 15.0 Å². The molecular formula is C17H22N4O2S3. The first-order chi connectivity index (χ1) is 12.7. The van der Waals surface area contributed by atoms with E-state index in [-0.39, 0.29) is 11.2 Å². The number of ether oxygens (including phenoxy) is 1. The van der Waals surface area contributed by atoms with Crippen molar-refractivity contribution in [2.45, 2.75) is 27.8 Å². The summed E-state index contributed by atoms with van der Waals surface area (Å²) in [5.41, 5.74) is 1.96. The highest BCUT2D eigenvalue weighted by Crippen LogP contribution is 2.31. The van der Waals surface area contributed by atoms with Crippen LogP contribution >= 0.6 is 34.9 Å². The van der Waals surface area contributed by atoms with E-state index in [4.69, 9.17) is 4.74 Å². The predicted octanol–water partition coefficient (Wildman–Crippen LogP) is 3.61. The summed E-state index contributed by atoms with van der Waals surface area (Å²) in [5.74, 6) is 0.935. The number of anilines is 2. The van der Waals surface area contributed by atoms with Crippen molar-refractivity contribution in [2.24, 2.45) is 0 Å². The Hall–Kier alpha value is -1.29. The second-order valence-corrected chi connectivity index (χ2v) is 9.74. The molecule has 1 amide bonds. The average molecular weight is 411 g/mol. The van der Waals surface area contributed by atoms with E-state index < -0.39 is 0 Å². The first kappa shape index (κ1) is 19.5. The van der Waals surface area contributed by atoms with Crippen LogP contribution in [0.25, 0.3) is 0 Å². The summed E-state index contributed by atoms with van der Waals surface area (Å²) >= 11 is 4.64. The van der Waals surface area contributed by atoms with Gasteiger partial charge >= 0.3 is 0 Å². The molecule has 2 aromatic rings. The van der Waals surface area contributed by atoms with Crippen molar-refractivity contribution in [2.75, 3.05) is 42.3 Å². The number of benzene rings is 1. The Bertz CT molecular complexity index is 717. The van der Waals surface area contributed by atoms with Crippen LogP contribution in [0.4, 0.5) is 11.4 Å². The highest BCUT2D eigenvalue weighted by atomic mass is 32.2. The minimum atomic E-state index is -0.235. The molecule has 26 heavy (non-hydrogen) atoms. The molecule has 0 spiro atoms. The van der Waals surface area contributed by atoms with Crippen LogP contribution in [0.2, 0.25) is 0 Å². The van der Waals surface area contributed by atoms with Crippen LogP contribution in [0.1, 0.15) is 13.8 Å². The van der Waals surface area contributed by atoms with E-state index in [1.165, 1.54) is 23.1 Å². The van der Waals surface area contributed by atoms with Gasteiger partial charge in [-0.2, -0.15) is 0 Å². The van der Waals surface area contributed by atoms with Gasteiger partial charge in [0.1, 0.15) is 0 Å². The number of hydrogen-bond donors (Lipinski definition) is 1. The summed E-state index contributed by atoms with van der Waals surface area (Å²) < 4.78 is 7.15. The molecule has 1 saturated heterocycles. The SMILES string of the molecule is CCSc1nnc(S[C@H](C)C(=O)Nc2ccc(N3CCOCC3)cc2)s1. The molecule has 6 nitrogen and oxygen atoms in total. The molecular weight excluding hydrogens is 388 g/mol. The monoisotopic (exact) mass is 410 g/mol. The van der Waals surface area contributed by atoms with Gasteiger partial charge in [-0.25, -0.2) is 0 Å². The molecule has 0 bridgehead atoms. The minimum absolute atomic E-state index is 0.0333. The van der Waals surface area contributed by atoms with Crippen LogP contribution < -0.4 is 10.2 Å². The molecule has 2 heterocycles. The molecule has 1 aliphatic heterocycles. The van der Waals surface area contributed by atoms with E-state index in [9.17, 15) is 4.79 Å². The van der Waals surface area contributed by atoms with Crippen LogP contribution in [0.5, 0.6) is 0 Å². The van der Waals surface area contributed by atoms with E-state index in [1.54, 1.807) is 11.8 Å². The van der Waals surface area contributed by atoms with E-state index >= 15 is 0 Å². The number of thioether (sulfide) groups is 2. The minimum Gasteiger partial charge on any atom is -0.378 e. The van der Waals surface area contributed by atoms with Crippen molar-refractivity contribution in [1.29, 1.82) is 0 Å². The van der Waals surface area contributed by atoms with Crippen LogP contribution in [0, 0.1) is 0 Å². The van der Waals surface area contributed by atoms with E-state index in [0.717, 1.165) is 52.1 Å². The normalized spacial score (nSPS) is 15.7. The molecule has 1 aliphatic rings. The van der Waals surface area contributed by atoms with Gasteiger partial charge in [0.05, 0.1) is 18.5 Å². The Labute approximate surface area is 166 Å². The van der Waals surface area contributed by atoms with Gasteiger partial charge in [-0.15, -0.1) is 10.2 Å². The number of nitrogens with zero attached hydrogens (tertiary/aromatic N) is 3. The average Bonchev–Trinajstić information content (AvgIpc) is 3.10. The number of hydrogen-bond acceptors (Lipinski definition) is 8. The van der Waals surface area contributed by atoms with Gasteiger partial charge in [-0.05, 0) is 36.9 Å². The summed E-state index contributed by atoms with van der Waals surface area (Å²) in [4.78, 5) is 14.7. The Morgan fingerprint density at radius 2 is 1.96 bits per heavy atom. The number of carbonyl (C=O) groups is 1. The fourth-order valence-corrected chi connectivity index (χ4v) is 5.51. The molecule has 1 fully saturated rings. The molecule has 3 rings (SSSR count). The van der Waals surface area contributed by atoms with Gasteiger partial charge in [0.15, 0.2) is 8.68 Å². The third-order valence-corrected chi connectivity index (χ3v) is 6.94. The van der Waals surface area contributed by atoms with Crippen molar-refractivity contribution >= 4 is 52.1 Å². The summed E-state index contributed by atoms with van der Waals surface area (Å²) in [5, 5.41) is 11.0. The van der Waals surface area contributed by atoms with Crippen LogP contribution in [-0.4, -0.2) is 53.4 Å². The van der Waals surface area contributed by atoms with E-state index in [0.29, 0.717) is 0 Å². The van der Waals surface area contributed by atoms with Gasteiger partial charge in [-0.3, -0.25) is 4.79 Å². The van der Waals surface area contributed by atoms with E-state index in [2.05, 4.69) is 27.3 Å². The molecule has 140 valence electrons. The van der Waals surface area contributed by atoms with Gasteiger partial charge in [-0.1, -0.05) is 41.8 Å². The smallest absolute Gasteiger partial charge is 0.237 e. The van der Waals surface area contributed by atoms with Crippen molar-refractivity contribution in [1.82, 2.24) is 10.2 Å². The molecule has 0 unspecified atom stereocenters. The largest absolute Gasteiger partial charge is 0.378 e. The first-order valence-corrected chi connectivity index (χ1v) is 11.2. The van der Waals surface area contributed by atoms with Crippen molar-refractivity contribution in [3.05, 3.63) is 24.3 Å². The number of nitrogens with one attached hydrogen (secondary N) is 1. The molecule has 0 saturated carbocycles. The maximum atomic E-state index is 12.4. The lowest BCUT2D eigenvalue weighted by atomic mass is 10.2. The van der Waals surface area contributed by atoms with Gasteiger partial charge in [0.2, 0.25) is 5.91 Å². The number of rotatable bonds is 7. The number of carbonyl (C=O) groups excluding carboxylic acids is 1. The Kier molecular flexibility index (Phi) is 7.18. The molecule has 1 atom stereocenters. The summed E-state index contributed by atoms with van der Waals surface area (Å²) in [6, 6.07) is 7.97. The number of aromatic nitrogens is 2. The van der Waals surface area contributed by atoms with Crippen LogP contribution in [0.15, 0.2) is 32.9 Å². The fourth-order valence-electron chi connectivity index (χ4n) is 2.45. The maximum absolute atomic E-state index is 12.4. The highest BCUT2D eigenvalue weighted by molar-refractivity contribution is 8.03. The zero-order valence-electron chi connectivity index (χ0n) is 14.8. The molecule has 1 aromatic carbocycles. The number of morpholine rings is 1. The van der Waals surface area contributed by atoms with Crippen molar-refractivity contribution in [3.63, 3.8) is 0 Å². The third kappa shape index (κ3) is 5.35. The highest BCUT2D eigenvalue weighted by Gasteiger charge is 2.18. The topological polar surface area (TPSA) is 67.4 Å². The summed E-state index contributed by atoms with van der Waals surface area (Å²) in [6.07, 6.45) is 0. The lowest BCUT2D eigenvalue weighted by molar-refractivity contribution is -0.115.